The highest BCUT2D eigenvalue weighted by Gasteiger charge is 2.37. The molecule has 1 amide bonds. The summed E-state index contributed by atoms with van der Waals surface area (Å²) in [6.07, 6.45) is 2.13. The second-order valence-electron chi connectivity index (χ2n) is 8.41. The average molecular weight is 419 g/mol. The lowest BCUT2D eigenvalue weighted by atomic mass is 9.89. The molecule has 3 N–H and O–H groups in total. The molecular weight excluding hydrogens is 378 g/mol. The van der Waals surface area contributed by atoms with E-state index >= 15 is 0 Å². The fraction of sp³-hybridized carbons (Fsp3) is 0.480. The Balaban J connectivity index is 2.33. The quantitative estimate of drug-likeness (QED) is 0.536. The molecule has 5 nitrogen and oxygen atoms in total. The lowest BCUT2D eigenvalue weighted by Crippen LogP contribution is -2.49. The van der Waals surface area contributed by atoms with Crippen molar-refractivity contribution in [3.05, 3.63) is 65.6 Å². The number of benzene rings is 2. The highest BCUT2D eigenvalue weighted by Crippen LogP contribution is 2.29. The van der Waals surface area contributed by atoms with Crippen LogP contribution in [-0.2, 0) is 10.4 Å². The van der Waals surface area contributed by atoms with Crippen LogP contribution in [0.15, 0.2) is 54.5 Å². The molecule has 0 heterocycles. The molecule has 2 aromatic rings. The zero-order valence-corrected chi connectivity index (χ0v) is 18.3. The van der Waals surface area contributed by atoms with Crippen LogP contribution < -0.4 is 10.1 Å². The maximum absolute atomic E-state index is 13.2. The topological polar surface area (TPSA) is 78.8 Å². The van der Waals surface area contributed by atoms with Crippen molar-refractivity contribution in [2.75, 3.05) is 6.61 Å². The van der Waals surface area contributed by atoms with Gasteiger partial charge < -0.3 is 20.3 Å². The first-order valence-electron chi connectivity index (χ1n) is 12.7. The highest BCUT2D eigenvalue weighted by atomic mass is 16.5. The molecule has 0 aliphatic heterocycles. The Bertz CT molecular complexity index is 1020. The number of hydrogen-bond donors (Lipinski definition) is 3. The molecule has 0 aromatic heterocycles. The zero-order valence-electron chi connectivity index (χ0n) is 23.3. The molecule has 2 rings (SSSR count). The van der Waals surface area contributed by atoms with Crippen molar-refractivity contribution in [3.63, 3.8) is 0 Å². The minimum Gasteiger partial charge on any atom is -0.493 e. The molecule has 0 aliphatic carbocycles. The van der Waals surface area contributed by atoms with Crippen LogP contribution in [0.25, 0.3) is 0 Å². The fourth-order valence-corrected chi connectivity index (χ4v) is 3.12. The van der Waals surface area contributed by atoms with Gasteiger partial charge in [0.2, 0.25) is 0 Å². The molecule has 0 unspecified atom stereocenters. The molecule has 2 aromatic carbocycles. The van der Waals surface area contributed by atoms with E-state index in [2.05, 4.69) is 19.2 Å². The lowest BCUT2D eigenvalue weighted by Gasteiger charge is -2.33. The van der Waals surface area contributed by atoms with Gasteiger partial charge in [-0.25, -0.2) is 0 Å². The Hall–Kier alpha value is -2.37. The van der Waals surface area contributed by atoms with Gasteiger partial charge in [0.1, 0.15) is 5.75 Å². The van der Waals surface area contributed by atoms with Crippen LogP contribution in [-0.4, -0.2) is 28.3 Å². The van der Waals surface area contributed by atoms with E-state index < -0.39 is 58.9 Å². The minimum absolute atomic E-state index is 0.409. The van der Waals surface area contributed by atoms with Crippen LogP contribution in [0.2, 0.25) is 0 Å². The smallest absolute Gasteiger partial charge is 0.256 e. The first-order chi connectivity index (χ1) is 16.1. The SMILES string of the molecule is [2H]c1c([2H])c([2H])c([C@@](C)(O)C(=O)N[C@H](c2ccc(OC[C@@H](C)CCC)cc2)C(C)(C)O)c([2H])c1[2H]. The number of amides is 1. The second-order valence-corrected chi connectivity index (χ2v) is 8.41. The van der Waals surface area contributed by atoms with E-state index in [1.807, 2.05) is 0 Å². The van der Waals surface area contributed by atoms with E-state index in [1.165, 1.54) is 13.8 Å². The molecule has 0 bridgehead atoms. The Morgan fingerprint density at radius 2 is 1.73 bits per heavy atom. The van der Waals surface area contributed by atoms with Crippen molar-refractivity contribution < 1.29 is 26.6 Å². The monoisotopic (exact) mass is 418 g/mol. The van der Waals surface area contributed by atoms with Gasteiger partial charge in [-0.05, 0) is 56.4 Å². The summed E-state index contributed by atoms with van der Waals surface area (Å²) in [6, 6.07) is 2.60. The van der Waals surface area contributed by atoms with Gasteiger partial charge in [0.05, 0.1) is 25.1 Å². The molecule has 0 saturated heterocycles. The predicted molar refractivity (Wildman–Crippen MR) is 119 cm³/mol. The molecule has 164 valence electrons. The van der Waals surface area contributed by atoms with E-state index in [4.69, 9.17) is 11.6 Å². The van der Waals surface area contributed by atoms with Crippen LogP contribution in [0, 0.1) is 5.92 Å². The van der Waals surface area contributed by atoms with Gasteiger partial charge in [-0.3, -0.25) is 4.79 Å². The average Bonchev–Trinajstić information content (AvgIpc) is 2.78. The van der Waals surface area contributed by atoms with Crippen molar-refractivity contribution in [1.82, 2.24) is 5.32 Å². The Kier molecular flexibility index (Phi) is 5.83. The number of carbonyl (C=O) groups is 1. The molecule has 0 radical (unpaired) electrons. The number of ether oxygens (including phenoxy) is 1. The first kappa shape index (κ1) is 17.3. The Morgan fingerprint density at radius 3 is 2.27 bits per heavy atom. The summed E-state index contributed by atoms with van der Waals surface area (Å²) in [4.78, 5) is 13.2. The molecule has 0 spiro atoms. The number of nitrogens with one attached hydrogen (secondary N) is 1. The number of carbonyl (C=O) groups excluding carboxylic acids is 1. The fourth-order valence-electron chi connectivity index (χ4n) is 3.12. The summed E-state index contributed by atoms with van der Waals surface area (Å²) in [5.41, 5.74) is -3.92. The molecule has 30 heavy (non-hydrogen) atoms. The normalized spacial score (nSPS) is 18.0. The summed E-state index contributed by atoms with van der Waals surface area (Å²) in [6.45, 7) is 8.85. The summed E-state index contributed by atoms with van der Waals surface area (Å²) in [5.74, 6) is 0.0345. The molecule has 0 aliphatic rings. The number of rotatable bonds is 10. The van der Waals surface area contributed by atoms with Gasteiger partial charge in [-0.2, -0.15) is 0 Å². The maximum Gasteiger partial charge on any atom is 0.256 e. The summed E-state index contributed by atoms with van der Waals surface area (Å²) >= 11 is 0. The summed E-state index contributed by atoms with van der Waals surface area (Å²) in [7, 11) is 0. The molecule has 5 heteroatoms. The largest absolute Gasteiger partial charge is 0.493 e. The van der Waals surface area contributed by atoms with E-state index in [9.17, 15) is 15.0 Å². The van der Waals surface area contributed by atoms with Crippen molar-refractivity contribution in [1.29, 1.82) is 0 Å². The van der Waals surface area contributed by atoms with Crippen LogP contribution in [0.3, 0.4) is 0 Å². The lowest BCUT2D eigenvalue weighted by molar-refractivity contribution is -0.141. The van der Waals surface area contributed by atoms with Crippen molar-refractivity contribution in [3.8, 4) is 5.75 Å². The van der Waals surface area contributed by atoms with Crippen molar-refractivity contribution >= 4 is 5.91 Å². The van der Waals surface area contributed by atoms with Gasteiger partial charge in [-0.15, -0.1) is 0 Å². The van der Waals surface area contributed by atoms with Crippen LogP contribution in [0.1, 0.15) is 71.5 Å². The minimum atomic E-state index is -2.46. The van der Waals surface area contributed by atoms with Gasteiger partial charge in [0.15, 0.2) is 5.60 Å². The molecule has 0 fully saturated rings. The van der Waals surface area contributed by atoms with Crippen molar-refractivity contribution in [2.24, 2.45) is 5.92 Å². The maximum atomic E-state index is 13.2. The third-order valence-electron chi connectivity index (χ3n) is 4.94. The molecule has 3 atom stereocenters. The third-order valence-corrected chi connectivity index (χ3v) is 4.94. The zero-order chi connectivity index (χ0) is 26.7. The number of aliphatic hydroxyl groups is 2. The summed E-state index contributed by atoms with van der Waals surface area (Å²) in [5, 5.41) is 24.4. The highest BCUT2D eigenvalue weighted by molar-refractivity contribution is 5.86. The summed E-state index contributed by atoms with van der Waals surface area (Å²) < 4.78 is 45.4. The second kappa shape index (κ2) is 10.1. The van der Waals surface area contributed by atoms with Crippen LogP contribution >= 0.6 is 0 Å². The van der Waals surface area contributed by atoms with Gasteiger partial charge in [-0.1, -0.05) is 62.6 Å². The Morgan fingerprint density at radius 1 is 1.13 bits per heavy atom. The predicted octanol–water partition coefficient (Wildman–Crippen LogP) is 4.34. The van der Waals surface area contributed by atoms with Gasteiger partial charge in [0.25, 0.3) is 5.91 Å². The Labute approximate surface area is 187 Å². The standard InChI is InChI=1S/C25H35NO4/c1-6-10-18(2)17-30-21-15-13-19(14-16-21)22(24(3,4)28)26-23(27)25(5,29)20-11-8-7-9-12-20/h7-9,11-16,18,22,28-29H,6,10,17H2,1-5H3,(H,26,27)/t18-,22+,25+/m0/s1/i7D,8D,9D,11D,12D. The van der Waals surface area contributed by atoms with Gasteiger partial charge in [0, 0.05) is 0 Å². The molecular formula is C25H35NO4. The number of hydrogen-bond acceptors (Lipinski definition) is 4. The van der Waals surface area contributed by atoms with Crippen molar-refractivity contribution in [2.45, 2.75) is 64.7 Å². The van der Waals surface area contributed by atoms with E-state index in [1.54, 1.807) is 24.3 Å². The third kappa shape index (κ3) is 6.31. The molecule has 0 saturated carbocycles. The van der Waals surface area contributed by atoms with E-state index in [-0.39, 0.29) is 0 Å². The van der Waals surface area contributed by atoms with Crippen LogP contribution in [0.5, 0.6) is 5.75 Å². The van der Waals surface area contributed by atoms with E-state index in [0.717, 1.165) is 19.8 Å². The van der Waals surface area contributed by atoms with Gasteiger partial charge >= 0.3 is 0 Å². The first-order valence-corrected chi connectivity index (χ1v) is 10.2. The van der Waals surface area contributed by atoms with E-state index in [0.29, 0.717) is 23.8 Å². The van der Waals surface area contributed by atoms with Crippen LogP contribution in [0.4, 0.5) is 0 Å².